The maximum atomic E-state index is 13.6. The monoisotopic (exact) mass is 291 g/mol. The van der Waals surface area contributed by atoms with Crippen molar-refractivity contribution in [2.45, 2.75) is 33.2 Å². The molecule has 20 heavy (non-hydrogen) atoms. The second-order valence-electron chi connectivity index (χ2n) is 4.67. The van der Waals surface area contributed by atoms with Gasteiger partial charge in [-0.3, -0.25) is 4.68 Å². The van der Waals surface area contributed by atoms with E-state index in [0.717, 1.165) is 24.1 Å². The summed E-state index contributed by atoms with van der Waals surface area (Å²) in [6.45, 7) is 4.77. The summed E-state index contributed by atoms with van der Waals surface area (Å²) in [6.07, 6.45) is 1.82. The van der Waals surface area contributed by atoms with Gasteiger partial charge in [0.1, 0.15) is 10.8 Å². The van der Waals surface area contributed by atoms with Crippen molar-refractivity contribution in [2.24, 2.45) is 5.73 Å². The second-order valence-corrected chi connectivity index (χ2v) is 5.11. The fourth-order valence-electron chi connectivity index (χ4n) is 2.14. The minimum atomic E-state index is -0.383. The molecular weight excluding hydrogens is 273 g/mol. The molecule has 2 N–H and O–H groups in total. The summed E-state index contributed by atoms with van der Waals surface area (Å²) in [5.41, 5.74) is 8.99. The highest BCUT2D eigenvalue weighted by molar-refractivity contribution is 7.80. The predicted molar refractivity (Wildman–Crippen MR) is 82.4 cm³/mol. The van der Waals surface area contributed by atoms with Crippen LogP contribution < -0.4 is 5.73 Å². The average Bonchev–Trinajstić information content (AvgIpc) is 2.83. The van der Waals surface area contributed by atoms with Gasteiger partial charge in [-0.1, -0.05) is 32.1 Å². The highest BCUT2D eigenvalue weighted by Crippen LogP contribution is 2.14. The van der Waals surface area contributed by atoms with Gasteiger partial charge in [0.05, 0.1) is 12.2 Å². The molecule has 0 aliphatic heterocycles. The molecule has 1 heterocycles. The summed E-state index contributed by atoms with van der Waals surface area (Å²) >= 11 is 4.86. The fourth-order valence-corrected chi connectivity index (χ4v) is 2.30. The SMILES string of the molecule is CCc1cc(CC)n(Cc2ccc(F)c(C(N)=S)c2)n1. The van der Waals surface area contributed by atoms with Crippen LogP contribution in [-0.4, -0.2) is 14.8 Å². The molecule has 0 fully saturated rings. The Morgan fingerprint density at radius 2 is 2.05 bits per heavy atom. The van der Waals surface area contributed by atoms with Gasteiger partial charge in [-0.15, -0.1) is 0 Å². The van der Waals surface area contributed by atoms with Gasteiger partial charge in [0.2, 0.25) is 0 Å². The van der Waals surface area contributed by atoms with Crippen molar-refractivity contribution >= 4 is 17.2 Å². The first kappa shape index (κ1) is 14.7. The van der Waals surface area contributed by atoms with E-state index in [0.29, 0.717) is 12.1 Å². The summed E-state index contributed by atoms with van der Waals surface area (Å²) in [6, 6.07) is 6.95. The minimum Gasteiger partial charge on any atom is -0.389 e. The molecular formula is C15H18FN3S. The molecule has 0 aliphatic carbocycles. The molecule has 1 aromatic carbocycles. The van der Waals surface area contributed by atoms with Gasteiger partial charge in [0.15, 0.2) is 0 Å². The Morgan fingerprint density at radius 1 is 1.30 bits per heavy atom. The van der Waals surface area contributed by atoms with Crippen molar-refractivity contribution in [3.63, 3.8) is 0 Å². The first-order valence-corrected chi connectivity index (χ1v) is 7.09. The van der Waals surface area contributed by atoms with Gasteiger partial charge in [-0.05, 0) is 36.6 Å². The molecule has 0 bridgehead atoms. The highest BCUT2D eigenvalue weighted by Gasteiger charge is 2.09. The van der Waals surface area contributed by atoms with E-state index in [1.807, 2.05) is 4.68 Å². The Balaban J connectivity index is 2.32. The van der Waals surface area contributed by atoms with Crippen LogP contribution in [0.1, 0.15) is 36.4 Å². The fraction of sp³-hybridized carbons (Fsp3) is 0.333. The zero-order chi connectivity index (χ0) is 14.7. The lowest BCUT2D eigenvalue weighted by atomic mass is 10.1. The lowest BCUT2D eigenvalue weighted by molar-refractivity contribution is 0.617. The summed E-state index contributed by atoms with van der Waals surface area (Å²) in [4.78, 5) is 0.0785. The molecule has 0 saturated heterocycles. The van der Waals surface area contributed by atoms with E-state index in [1.165, 1.54) is 11.8 Å². The molecule has 3 nitrogen and oxygen atoms in total. The molecule has 0 saturated carbocycles. The third kappa shape index (κ3) is 3.04. The molecule has 0 aliphatic rings. The van der Waals surface area contributed by atoms with Crippen LogP contribution in [-0.2, 0) is 19.4 Å². The summed E-state index contributed by atoms with van der Waals surface area (Å²) in [7, 11) is 0. The average molecular weight is 291 g/mol. The van der Waals surface area contributed by atoms with Crippen LogP contribution in [0.25, 0.3) is 0 Å². The largest absolute Gasteiger partial charge is 0.389 e. The van der Waals surface area contributed by atoms with Crippen molar-refractivity contribution in [1.29, 1.82) is 0 Å². The normalized spacial score (nSPS) is 10.8. The maximum absolute atomic E-state index is 13.6. The number of halogens is 1. The van der Waals surface area contributed by atoms with Crippen LogP contribution in [0.3, 0.4) is 0 Å². The number of aryl methyl sites for hydroxylation is 2. The zero-order valence-corrected chi connectivity index (χ0v) is 12.5. The molecule has 0 unspecified atom stereocenters. The third-order valence-electron chi connectivity index (χ3n) is 3.27. The quantitative estimate of drug-likeness (QED) is 0.862. The Morgan fingerprint density at radius 3 is 2.65 bits per heavy atom. The van der Waals surface area contributed by atoms with E-state index in [-0.39, 0.29) is 10.8 Å². The summed E-state index contributed by atoms with van der Waals surface area (Å²) < 4.78 is 15.5. The van der Waals surface area contributed by atoms with Crippen LogP contribution in [0, 0.1) is 5.82 Å². The molecule has 1 aromatic heterocycles. The van der Waals surface area contributed by atoms with Gasteiger partial charge >= 0.3 is 0 Å². The molecule has 106 valence electrons. The number of thiocarbonyl (C=S) groups is 1. The molecule has 0 amide bonds. The molecule has 0 spiro atoms. The van der Waals surface area contributed by atoms with E-state index in [1.54, 1.807) is 12.1 Å². The van der Waals surface area contributed by atoms with Crippen LogP contribution in [0.15, 0.2) is 24.3 Å². The van der Waals surface area contributed by atoms with Crippen molar-refractivity contribution in [1.82, 2.24) is 9.78 Å². The zero-order valence-electron chi connectivity index (χ0n) is 11.7. The first-order chi connectivity index (χ1) is 9.55. The van der Waals surface area contributed by atoms with Gasteiger partial charge in [-0.2, -0.15) is 5.10 Å². The lowest BCUT2D eigenvalue weighted by Crippen LogP contribution is -2.13. The van der Waals surface area contributed by atoms with Gasteiger partial charge in [0.25, 0.3) is 0 Å². The van der Waals surface area contributed by atoms with E-state index in [4.69, 9.17) is 18.0 Å². The Bertz CT molecular complexity index is 634. The topological polar surface area (TPSA) is 43.8 Å². The van der Waals surface area contributed by atoms with E-state index in [2.05, 4.69) is 25.0 Å². The summed E-state index contributed by atoms with van der Waals surface area (Å²) in [5, 5.41) is 4.55. The Labute approximate surface area is 123 Å². The minimum absolute atomic E-state index is 0.0785. The van der Waals surface area contributed by atoms with E-state index < -0.39 is 0 Å². The number of rotatable bonds is 5. The van der Waals surface area contributed by atoms with Gasteiger partial charge < -0.3 is 5.73 Å². The number of aromatic nitrogens is 2. The smallest absolute Gasteiger partial charge is 0.133 e. The second kappa shape index (κ2) is 6.13. The van der Waals surface area contributed by atoms with E-state index in [9.17, 15) is 4.39 Å². The number of hydrogen-bond donors (Lipinski definition) is 1. The molecule has 5 heteroatoms. The van der Waals surface area contributed by atoms with Crippen LogP contribution in [0.4, 0.5) is 4.39 Å². The number of nitrogens with two attached hydrogens (primary N) is 1. The molecule has 2 rings (SSSR count). The van der Waals surface area contributed by atoms with Gasteiger partial charge in [0, 0.05) is 11.3 Å². The van der Waals surface area contributed by atoms with Crippen molar-refractivity contribution < 1.29 is 4.39 Å². The first-order valence-electron chi connectivity index (χ1n) is 6.69. The Kier molecular flexibility index (Phi) is 4.49. The Hall–Kier alpha value is -1.75. The number of nitrogens with zero attached hydrogens (tertiary/aromatic N) is 2. The predicted octanol–water partition coefficient (Wildman–Crippen LogP) is 2.83. The molecule has 0 radical (unpaired) electrons. The lowest BCUT2D eigenvalue weighted by Gasteiger charge is -2.08. The molecule has 2 aromatic rings. The third-order valence-corrected chi connectivity index (χ3v) is 3.49. The van der Waals surface area contributed by atoms with E-state index >= 15 is 0 Å². The maximum Gasteiger partial charge on any atom is 0.133 e. The standard InChI is InChI=1S/C15H18FN3S/c1-3-11-8-12(4-2)19(18-11)9-10-5-6-14(16)13(7-10)15(17)20/h5-8H,3-4,9H2,1-2H3,(H2,17,20). The van der Waals surface area contributed by atoms with Crippen molar-refractivity contribution in [3.05, 3.63) is 52.6 Å². The number of benzene rings is 1. The van der Waals surface area contributed by atoms with Crippen molar-refractivity contribution in [3.8, 4) is 0 Å². The summed E-state index contributed by atoms with van der Waals surface area (Å²) in [5.74, 6) is -0.383. The molecule has 0 atom stereocenters. The van der Waals surface area contributed by atoms with Gasteiger partial charge in [-0.25, -0.2) is 4.39 Å². The van der Waals surface area contributed by atoms with Crippen LogP contribution >= 0.6 is 12.2 Å². The van der Waals surface area contributed by atoms with Crippen LogP contribution in [0.5, 0.6) is 0 Å². The number of hydrogen-bond acceptors (Lipinski definition) is 2. The van der Waals surface area contributed by atoms with Crippen LogP contribution in [0.2, 0.25) is 0 Å². The highest BCUT2D eigenvalue weighted by atomic mass is 32.1. The van der Waals surface area contributed by atoms with Crippen molar-refractivity contribution in [2.75, 3.05) is 0 Å².